The second-order valence-electron chi connectivity index (χ2n) is 18.8. The smallest absolute Gasteiger partial charge is 0.258 e. The van der Waals surface area contributed by atoms with Crippen LogP contribution in [-0.2, 0) is 10.8 Å². The van der Waals surface area contributed by atoms with Crippen LogP contribution in [0.2, 0.25) is 12.1 Å². The number of nitro groups is 1. The first-order chi connectivity index (χ1) is 23.8. The highest BCUT2D eigenvalue weighted by Gasteiger charge is 2.48. The fourth-order valence-electron chi connectivity index (χ4n) is 8.16. The third-order valence-electron chi connectivity index (χ3n) is 11.3. The fourth-order valence-corrected chi connectivity index (χ4v) is 18.5. The molecular formula is C42H63N3O2S3Si. The minimum atomic E-state index is -2.17. The Bertz CT molecular complexity index is 1800. The number of fused-ring (bicyclic) bond motifs is 4. The fraction of sp³-hybridized carbons (Fsp3) is 0.667. The lowest BCUT2D eigenvalue weighted by Crippen LogP contribution is -2.55. The van der Waals surface area contributed by atoms with E-state index in [1.165, 1.54) is 89.8 Å². The van der Waals surface area contributed by atoms with E-state index >= 15 is 0 Å². The molecule has 3 aromatic heterocycles. The second kappa shape index (κ2) is 15.8. The van der Waals surface area contributed by atoms with Crippen LogP contribution in [0.1, 0.15) is 145 Å². The van der Waals surface area contributed by atoms with Crippen LogP contribution in [0.4, 0.5) is 5.69 Å². The molecule has 1 aromatic carbocycles. The number of hydrogen-bond acceptors (Lipinski definition) is 7. The molecule has 4 aromatic rings. The van der Waals surface area contributed by atoms with Crippen molar-refractivity contribution < 1.29 is 4.92 Å². The van der Waals surface area contributed by atoms with Crippen molar-refractivity contribution in [2.24, 2.45) is 23.7 Å². The normalized spacial score (nSPS) is 17.5. The van der Waals surface area contributed by atoms with Gasteiger partial charge in [0.1, 0.15) is 19.1 Å². The zero-order valence-corrected chi connectivity index (χ0v) is 36.9. The largest absolute Gasteiger partial charge is 0.276 e. The van der Waals surface area contributed by atoms with Gasteiger partial charge in [0.2, 0.25) is 0 Å². The Kier molecular flexibility index (Phi) is 12.5. The van der Waals surface area contributed by atoms with Crippen molar-refractivity contribution in [2.45, 2.75) is 157 Å². The van der Waals surface area contributed by atoms with Crippen LogP contribution in [0, 0.1) is 33.8 Å². The molecule has 1 aliphatic heterocycles. The first-order valence-corrected chi connectivity index (χ1v) is 24.3. The van der Waals surface area contributed by atoms with Crippen molar-refractivity contribution >= 4 is 69.6 Å². The molecule has 0 spiro atoms. The average Bonchev–Trinajstić information content (AvgIpc) is 3.80. The van der Waals surface area contributed by atoms with Crippen molar-refractivity contribution in [3.05, 3.63) is 38.8 Å². The van der Waals surface area contributed by atoms with Gasteiger partial charge in [-0.05, 0) is 69.1 Å². The van der Waals surface area contributed by atoms with Crippen LogP contribution in [-0.4, -0.2) is 21.7 Å². The monoisotopic (exact) mass is 765 g/mol. The third-order valence-corrected chi connectivity index (χ3v) is 20.2. The Balaban J connectivity index is 1.65. The van der Waals surface area contributed by atoms with E-state index in [9.17, 15) is 10.1 Å². The van der Waals surface area contributed by atoms with Crippen LogP contribution < -0.4 is 10.4 Å². The summed E-state index contributed by atoms with van der Waals surface area (Å²) in [7, 11) is -2.17. The number of benzene rings is 1. The Morgan fingerprint density at radius 3 is 1.75 bits per heavy atom. The van der Waals surface area contributed by atoms with Crippen LogP contribution in [0.5, 0.6) is 0 Å². The van der Waals surface area contributed by atoms with Gasteiger partial charge >= 0.3 is 0 Å². The lowest BCUT2D eigenvalue weighted by molar-refractivity contribution is -0.385. The number of hydrogen-bond donors (Lipinski definition) is 0. The summed E-state index contributed by atoms with van der Waals surface area (Å²) < 4.78 is 9.48. The number of rotatable bonds is 16. The van der Waals surface area contributed by atoms with Gasteiger partial charge in [0.15, 0.2) is 0 Å². The first kappa shape index (κ1) is 40.2. The summed E-state index contributed by atoms with van der Waals surface area (Å²) in [6, 6.07) is 9.50. The zero-order valence-electron chi connectivity index (χ0n) is 33.5. The second-order valence-corrected chi connectivity index (χ2v) is 25.6. The van der Waals surface area contributed by atoms with E-state index in [2.05, 4.69) is 78.8 Å². The predicted octanol–water partition coefficient (Wildman–Crippen LogP) is 13.2. The molecule has 9 heteroatoms. The molecule has 0 radical (unpaired) electrons. The molecule has 5 nitrogen and oxygen atoms in total. The summed E-state index contributed by atoms with van der Waals surface area (Å²) in [5, 5.41) is 15.9. The van der Waals surface area contributed by atoms with Gasteiger partial charge in [-0.25, -0.2) is 0 Å². The van der Waals surface area contributed by atoms with Gasteiger partial charge in [-0.3, -0.25) is 10.1 Å². The summed E-state index contributed by atoms with van der Waals surface area (Å²) >= 11 is 5.04. The van der Waals surface area contributed by atoms with Gasteiger partial charge in [-0.2, -0.15) is 8.75 Å². The molecular weight excluding hydrogens is 703 g/mol. The summed E-state index contributed by atoms with van der Waals surface area (Å²) in [5.74, 6) is 2.93. The number of aromatic nitrogens is 2. The molecule has 0 bridgehead atoms. The van der Waals surface area contributed by atoms with Crippen molar-refractivity contribution in [1.82, 2.24) is 8.75 Å². The van der Waals surface area contributed by atoms with E-state index in [4.69, 9.17) is 4.37 Å². The summed E-state index contributed by atoms with van der Waals surface area (Å²) in [6.45, 7) is 27.5. The van der Waals surface area contributed by atoms with Crippen LogP contribution in [0.25, 0.3) is 31.2 Å². The van der Waals surface area contributed by atoms with E-state index in [0.717, 1.165) is 27.8 Å². The van der Waals surface area contributed by atoms with Gasteiger partial charge in [0, 0.05) is 31.1 Å². The van der Waals surface area contributed by atoms with Gasteiger partial charge < -0.3 is 0 Å². The number of nitrogens with zero attached hydrogens (tertiary/aromatic N) is 3. The number of nitro benzene ring substituents is 1. The maximum atomic E-state index is 12.6. The Morgan fingerprint density at radius 1 is 0.706 bits per heavy atom. The summed E-state index contributed by atoms with van der Waals surface area (Å²) in [4.78, 5) is 17.9. The SMILES string of the molecule is CC(C)CCCC(C)CC[Si]1(CCC(C)CCCC(C)C)c2cc(-c3cc([N+](=O)[O-])c(C(C)(C)C)c4nsnc34)sc2-c2sc(C(C)(C)C)cc21. The molecule has 0 aliphatic carbocycles. The Hall–Kier alpha value is -1.94. The molecule has 2 atom stereocenters. The lowest BCUT2D eigenvalue weighted by atomic mass is 9.84. The molecule has 0 fully saturated rings. The molecule has 5 rings (SSSR count). The highest BCUT2D eigenvalue weighted by molar-refractivity contribution is 7.30. The van der Waals surface area contributed by atoms with Crippen molar-refractivity contribution in [1.29, 1.82) is 0 Å². The van der Waals surface area contributed by atoms with Gasteiger partial charge in [0.05, 0.1) is 22.2 Å². The zero-order chi connectivity index (χ0) is 37.5. The maximum Gasteiger partial charge on any atom is 0.276 e. The summed E-state index contributed by atoms with van der Waals surface area (Å²) in [6.07, 6.45) is 10.4. The van der Waals surface area contributed by atoms with Gasteiger partial charge in [0.25, 0.3) is 5.69 Å². The van der Waals surface area contributed by atoms with Crippen LogP contribution >= 0.6 is 34.4 Å². The predicted molar refractivity (Wildman–Crippen MR) is 228 cm³/mol. The summed E-state index contributed by atoms with van der Waals surface area (Å²) in [5.41, 5.74) is 2.87. The molecule has 1 aliphatic rings. The molecule has 0 saturated heterocycles. The molecule has 0 N–H and O–H groups in total. The van der Waals surface area contributed by atoms with Crippen molar-refractivity contribution in [3.63, 3.8) is 0 Å². The van der Waals surface area contributed by atoms with E-state index in [0.29, 0.717) is 22.9 Å². The molecule has 51 heavy (non-hydrogen) atoms. The van der Waals surface area contributed by atoms with E-state index < -0.39 is 13.5 Å². The quantitative estimate of drug-likeness (QED) is 0.0647. The topological polar surface area (TPSA) is 68.9 Å². The average molecular weight is 766 g/mol. The van der Waals surface area contributed by atoms with Crippen molar-refractivity contribution in [2.75, 3.05) is 0 Å². The highest BCUT2D eigenvalue weighted by Crippen LogP contribution is 2.49. The highest BCUT2D eigenvalue weighted by atomic mass is 32.1. The molecule has 0 amide bonds. The molecule has 2 unspecified atom stereocenters. The Morgan fingerprint density at radius 2 is 1.24 bits per heavy atom. The standard InChI is InChI=1S/C42H63N3O2S3Si/c1-26(2)15-13-17-28(5)19-21-51(22-20-29(6)18-14-16-27(3)4)33-24-32(48-39(33)40-34(51)25-35(49-40)41(7,8)9)30-23-31(45(46)47)36(42(10,11)12)38-37(30)43-50-44-38/h23-29H,13-22H2,1-12H3. The van der Waals surface area contributed by atoms with E-state index in [1.54, 1.807) is 10.4 Å². The molecule has 0 saturated carbocycles. The van der Waals surface area contributed by atoms with Crippen molar-refractivity contribution in [3.8, 4) is 20.2 Å². The van der Waals surface area contributed by atoms with Crippen LogP contribution in [0.15, 0.2) is 18.2 Å². The van der Waals surface area contributed by atoms with Crippen LogP contribution in [0.3, 0.4) is 0 Å². The minimum absolute atomic E-state index is 0.0888. The third kappa shape index (κ3) is 8.73. The molecule has 280 valence electrons. The lowest BCUT2D eigenvalue weighted by Gasteiger charge is -2.31. The minimum Gasteiger partial charge on any atom is -0.258 e. The van der Waals surface area contributed by atoms with E-state index in [1.807, 2.05) is 49.5 Å². The number of thiophene rings is 2. The van der Waals surface area contributed by atoms with Gasteiger partial charge in [-0.15, -0.1) is 22.7 Å². The van der Waals surface area contributed by atoms with Gasteiger partial charge in [-0.1, -0.05) is 134 Å². The maximum absolute atomic E-state index is 12.6. The Labute approximate surface area is 321 Å². The first-order valence-electron chi connectivity index (χ1n) is 19.6. The van der Waals surface area contributed by atoms with E-state index in [-0.39, 0.29) is 16.0 Å². The molecule has 4 heterocycles.